The fourth-order valence-corrected chi connectivity index (χ4v) is 1.86. The van der Waals surface area contributed by atoms with E-state index in [1.54, 1.807) is 11.8 Å². The van der Waals surface area contributed by atoms with Crippen LogP contribution in [0.25, 0.3) is 0 Å². The van der Waals surface area contributed by atoms with E-state index >= 15 is 0 Å². The van der Waals surface area contributed by atoms with Gasteiger partial charge >= 0.3 is 17.8 Å². The minimum atomic E-state index is -0.515. The molecule has 0 spiro atoms. The zero-order chi connectivity index (χ0) is 15.1. The molecule has 1 aliphatic rings. The van der Waals surface area contributed by atoms with Crippen molar-refractivity contribution in [3.8, 4) is 0 Å². The first kappa shape index (κ1) is 16.2. The molecule has 0 aromatic rings. The predicted octanol–water partition coefficient (Wildman–Crippen LogP) is 0.577. The van der Waals surface area contributed by atoms with Crippen molar-refractivity contribution in [2.75, 3.05) is 32.8 Å². The Labute approximate surface area is 119 Å². The number of carbonyl (C=O) groups is 3. The van der Waals surface area contributed by atoms with Gasteiger partial charge in [-0.3, -0.25) is 9.59 Å². The van der Waals surface area contributed by atoms with Crippen molar-refractivity contribution in [1.29, 1.82) is 0 Å². The van der Waals surface area contributed by atoms with E-state index in [9.17, 15) is 14.4 Å². The second kappa shape index (κ2) is 7.67. The minimum absolute atomic E-state index is 0.0830. The molecule has 1 heterocycles. The molecule has 2 amide bonds. The molecule has 0 aromatic carbocycles. The molecule has 1 rings (SSSR count). The van der Waals surface area contributed by atoms with Crippen LogP contribution in [0.3, 0.4) is 0 Å². The van der Waals surface area contributed by atoms with Gasteiger partial charge in [0.2, 0.25) is 0 Å². The molecule has 1 saturated heterocycles. The summed E-state index contributed by atoms with van der Waals surface area (Å²) in [5, 5.41) is 0. The van der Waals surface area contributed by atoms with Gasteiger partial charge in [-0.15, -0.1) is 0 Å². The summed E-state index contributed by atoms with van der Waals surface area (Å²) in [6.45, 7) is 9.04. The molecule has 0 bridgehead atoms. The van der Waals surface area contributed by atoms with E-state index in [0.717, 1.165) is 12.8 Å². The van der Waals surface area contributed by atoms with Crippen molar-refractivity contribution in [2.24, 2.45) is 0 Å². The molecule has 0 saturated carbocycles. The molecular formula is C14H22N2O4. The van der Waals surface area contributed by atoms with E-state index in [-0.39, 0.29) is 13.2 Å². The number of piperazine rings is 1. The lowest BCUT2D eigenvalue weighted by Gasteiger charge is -2.33. The summed E-state index contributed by atoms with van der Waals surface area (Å²) >= 11 is 0. The Morgan fingerprint density at radius 3 is 2.25 bits per heavy atom. The molecule has 0 unspecified atom stereocenters. The molecule has 112 valence electrons. The third kappa shape index (κ3) is 4.36. The fourth-order valence-electron chi connectivity index (χ4n) is 1.86. The summed E-state index contributed by atoms with van der Waals surface area (Å²) in [5.41, 5.74) is 0.316. The first-order chi connectivity index (χ1) is 9.47. The van der Waals surface area contributed by atoms with Crippen molar-refractivity contribution >= 4 is 17.8 Å². The predicted molar refractivity (Wildman–Crippen MR) is 73.8 cm³/mol. The van der Waals surface area contributed by atoms with Crippen molar-refractivity contribution in [3.05, 3.63) is 12.2 Å². The highest BCUT2D eigenvalue weighted by atomic mass is 16.5. The number of unbranched alkanes of at least 4 members (excludes halogenated alkanes) is 1. The maximum atomic E-state index is 11.9. The molecule has 20 heavy (non-hydrogen) atoms. The van der Waals surface area contributed by atoms with E-state index in [2.05, 4.69) is 6.58 Å². The number of esters is 1. The van der Waals surface area contributed by atoms with Crippen LogP contribution in [0.4, 0.5) is 0 Å². The summed E-state index contributed by atoms with van der Waals surface area (Å²) in [6, 6.07) is 0. The molecule has 1 aliphatic heterocycles. The van der Waals surface area contributed by atoms with Crippen LogP contribution in [0.2, 0.25) is 0 Å². The second-order valence-corrected chi connectivity index (χ2v) is 4.85. The maximum Gasteiger partial charge on any atom is 0.333 e. The molecule has 6 heteroatoms. The lowest BCUT2D eigenvalue weighted by atomic mass is 10.2. The Morgan fingerprint density at radius 2 is 1.75 bits per heavy atom. The van der Waals surface area contributed by atoms with Gasteiger partial charge in [0.05, 0.1) is 6.54 Å². The Bertz CT molecular complexity index is 406. The Hall–Kier alpha value is -1.85. The smallest absolute Gasteiger partial charge is 0.333 e. The topological polar surface area (TPSA) is 66.9 Å². The number of hydrogen-bond acceptors (Lipinski definition) is 4. The highest BCUT2D eigenvalue weighted by Crippen LogP contribution is 2.06. The second-order valence-electron chi connectivity index (χ2n) is 4.85. The lowest BCUT2D eigenvalue weighted by molar-refractivity contribution is -0.157. The summed E-state index contributed by atoms with van der Waals surface area (Å²) in [6.07, 6.45) is 1.88. The molecule has 0 aromatic heterocycles. The highest BCUT2D eigenvalue weighted by Gasteiger charge is 2.31. The standard InChI is InChI=1S/C14H22N2O4/c1-4-5-6-15-7-8-16(13(18)12(15)17)9-10-20-14(19)11(2)3/h2,4-10H2,1,3H3. The van der Waals surface area contributed by atoms with Crippen LogP contribution in [-0.2, 0) is 19.1 Å². The SMILES string of the molecule is C=C(C)C(=O)OCCN1CCN(CCCC)C(=O)C1=O. The number of nitrogens with zero attached hydrogens (tertiary/aromatic N) is 2. The van der Waals surface area contributed by atoms with Crippen molar-refractivity contribution in [3.63, 3.8) is 0 Å². The maximum absolute atomic E-state index is 11.9. The van der Waals surface area contributed by atoms with Gasteiger partial charge in [-0.05, 0) is 13.3 Å². The number of rotatable bonds is 7. The van der Waals surface area contributed by atoms with Crippen molar-refractivity contribution < 1.29 is 19.1 Å². The summed E-state index contributed by atoms with van der Waals surface area (Å²) in [5.74, 6) is -1.46. The average molecular weight is 282 g/mol. The molecule has 0 aliphatic carbocycles. The van der Waals surface area contributed by atoms with Gasteiger partial charge in [0.15, 0.2) is 0 Å². The van der Waals surface area contributed by atoms with E-state index < -0.39 is 17.8 Å². The third-order valence-corrected chi connectivity index (χ3v) is 3.12. The van der Waals surface area contributed by atoms with E-state index in [1.807, 2.05) is 6.92 Å². The Kier molecular flexibility index (Phi) is 6.21. The summed E-state index contributed by atoms with van der Waals surface area (Å²) < 4.78 is 4.92. The van der Waals surface area contributed by atoms with Gasteiger partial charge in [0, 0.05) is 25.2 Å². The van der Waals surface area contributed by atoms with Gasteiger partial charge in [-0.2, -0.15) is 0 Å². The van der Waals surface area contributed by atoms with Crippen molar-refractivity contribution in [2.45, 2.75) is 26.7 Å². The van der Waals surface area contributed by atoms with Crippen LogP contribution < -0.4 is 0 Å². The highest BCUT2D eigenvalue weighted by molar-refractivity contribution is 6.35. The van der Waals surface area contributed by atoms with Gasteiger partial charge in [-0.25, -0.2) is 4.79 Å². The van der Waals surface area contributed by atoms with Crippen LogP contribution in [-0.4, -0.2) is 60.4 Å². The molecule has 6 nitrogen and oxygen atoms in total. The lowest BCUT2D eigenvalue weighted by Crippen LogP contribution is -2.55. The zero-order valence-electron chi connectivity index (χ0n) is 12.2. The molecule has 0 atom stereocenters. The molecule has 0 N–H and O–H groups in total. The van der Waals surface area contributed by atoms with Gasteiger partial charge < -0.3 is 14.5 Å². The fraction of sp³-hybridized carbons (Fsp3) is 0.643. The first-order valence-electron chi connectivity index (χ1n) is 6.88. The third-order valence-electron chi connectivity index (χ3n) is 3.12. The molecule has 0 radical (unpaired) electrons. The van der Waals surface area contributed by atoms with Gasteiger partial charge in [0.25, 0.3) is 0 Å². The van der Waals surface area contributed by atoms with Crippen LogP contribution in [0.15, 0.2) is 12.2 Å². The van der Waals surface area contributed by atoms with Crippen LogP contribution in [0, 0.1) is 0 Å². The van der Waals surface area contributed by atoms with E-state index in [1.165, 1.54) is 4.90 Å². The summed E-state index contributed by atoms with van der Waals surface area (Å²) in [4.78, 5) is 38.0. The quantitative estimate of drug-likeness (QED) is 0.389. The number of ether oxygens (including phenoxy) is 1. The van der Waals surface area contributed by atoms with Crippen molar-refractivity contribution in [1.82, 2.24) is 9.80 Å². The average Bonchev–Trinajstić information content (AvgIpc) is 2.42. The molecular weight excluding hydrogens is 260 g/mol. The number of carbonyl (C=O) groups excluding carboxylic acids is 3. The first-order valence-corrected chi connectivity index (χ1v) is 6.88. The zero-order valence-corrected chi connectivity index (χ0v) is 12.2. The summed E-state index contributed by atoms with van der Waals surface area (Å²) in [7, 11) is 0. The van der Waals surface area contributed by atoms with Crippen LogP contribution in [0.5, 0.6) is 0 Å². The minimum Gasteiger partial charge on any atom is -0.460 e. The van der Waals surface area contributed by atoms with Gasteiger partial charge in [0.1, 0.15) is 6.61 Å². The normalized spacial score (nSPS) is 15.5. The molecule has 1 fully saturated rings. The number of amides is 2. The Morgan fingerprint density at radius 1 is 1.20 bits per heavy atom. The Balaban J connectivity index is 2.39. The van der Waals surface area contributed by atoms with Crippen LogP contribution in [0.1, 0.15) is 26.7 Å². The van der Waals surface area contributed by atoms with E-state index in [4.69, 9.17) is 4.74 Å². The van der Waals surface area contributed by atoms with Gasteiger partial charge in [-0.1, -0.05) is 19.9 Å². The largest absolute Gasteiger partial charge is 0.460 e. The van der Waals surface area contributed by atoms with Crippen LogP contribution >= 0.6 is 0 Å². The monoisotopic (exact) mass is 282 g/mol. The number of hydrogen-bond donors (Lipinski definition) is 0. The van der Waals surface area contributed by atoms with E-state index in [0.29, 0.717) is 25.2 Å².